The average molecular weight is 354 g/mol. The lowest BCUT2D eigenvalue weighted by atomic mass is 9.93. The van der Waals surface area contributed by atoms with Gasteiger partial charge in [0.25, 0.3) is 11.8 Å². The number of likely N-dealkylation sites (tertiary alicyclic amines) is 1. The summed E-state index contributed by atoms with van der Waals surface area (Å²) in [4.78, 5) is 33.0. The number of amides is 2. The number of piperidine rings is 1. The van der Waals surface area contributed by atoms with E-state index in [-0.39, 0.29) is 30.4 Å². The van der Waals surface area contributed by atoms with Crippen molar-refractivity contribution in [3.05, 3.63) is 48.5 Å². The van der Waals surface area contributed by atoms with Crippen molar-refractivity contribution >= 4 is 17.5 Å². The van der Waals surface area contributed by atoms with Crippen LogP contribution in [0, 0.1) is 5.92 Å². The predicted molar refractivity (Wildman–Crippen MR) is 95.8 cm³/mol. The summed E-state index contributed by atoms with van der Waals surface area (Å²) in [6.45, 7) is 1.83. The Kier molecular flexibility index (Phi) is 4.46. The maximum absolute atomic E-state index is 12.7. The van der Waals surface area contributed by atoms with Crippen LogP contribution in [0.2, 0.25) is 0 Å². The van der Waals surface area contributed by atoms with Gasteiger partial charge in [-0.05, 0) is 18.6 Å². The lowest BCUT2D eigenvalue weighted by Crippen LogP contribution is -2.49. The average Bonchev–Trinajstić information content (AvgIpc) is 3.03. The molecule has 0 bridgehead atoms. The van der Waals surface area contributed by atoms with E-state index in [0.717, 1.165) is 12.1 Å². The van der Waals surface area contributed by atoms with Crippen molar-refractivity contribution < 1.29 is 14.3 Å². The number of carbonyl (C=O) groups is 2. The minimum atomic E-state index is -0.0640. The number of rotatable bonds is 2. The van der Waals surface area contributed by atoms with Crippen molar-refractivity contribution in [3.63, 3.8) is 0 Å². The number of hydrogen-bond acceptors (Lipinski definition) is 4. The van der Waals surface area contributed by atoms with E-state index in [9.17, 15) is 9.59 Å². The van der Waals surface area contributed by atoms with Crippen LogP contribution in [-0.2, 0) is 16.6 Å². The molecule has 0 unspecified atom stereocenters. The number of nitrogens with zero attached hydrogens (tertiary/aromatic N) is 4. The number of anilines is 1. The van der Waals surface area contributed by atoms with Gasteiger partial charge in [0.2, 0.25) is 0 Å². The number of para-hydroxylation sites is 1. The van der Waals surface area contributed by atoms with Crippen LogP contribution in [0.25, 0.3) is 0 Å². The molecule has 2 fully saturated rings. The summed E-state index contributed by atoms with van der Waals surface area (Å²) in [5.41, 5.74) is 1.33. The molecule has 0 aliphatic carbocycles. The first-order valence-corrected chi connectivity index (χ1v) is 8.86. The number of carbonyl (C=O) groups excluding carboxylic acids is 2. The molecule has 2 amide bonds. The molecule has 0 spiro atoms. The summed E-state index contributed by atoms with van der Waals surface area (Å²) in [5, 5.41) is 0. The lowest BCUT2D eigenvalue weighted by molar-refractivity contribution is -0.124. The van der Waals surface area contributed by atoms with Crippen LogP contribution in [0.3, 0.4) is 0 Å². The van der Waals surface area contributed by atoms with E-state index in [1.807, 2.05) is 42.3 Å². The maximum atomic E-state index is 12.7. The standard InChI is InChI=1S/C19H22N4O3/c1-21-11-16(20-13-21)19(25)22-8-7-17-14(9-22)10-23(18(24)12-26-17)15-5-3-2-4-6-15/h2-6,11,13-14,17H,7-10,12H2,1H3/t14-,17+/m1/s1. The topological polar surface area (TPSA) is 67.7 Å². The first-order chi connectivity index (χ1) is 12.6. The van der Waals surface area contributed by atoms with E-state index < -0.39 is 0 Å². The van der Waals surface area contributed by atoms with Gasteiger partial charge in [0, 0.05) is 44.5 Å². The third-order valence-electron chi connectivity index (χ3n) is 5.08. The zero-order chi connectivity index (χ0) is 18.1. The highest BCUT2D eigenvalue weighted by atomic mass is 16.5. The molecule has 0 N–H and O–H groups in total. The molecule has 7 heteroatoms. The summed E-state index contributed by atoms with van der Waals surface area (Å²) in [5.74, 6) is -0.0119. The van der Waals surface area contributed by atoms with Gasteiger partial charge in [-0.2, -0.15) is 0 Å². The van der Waals surface area contributed by atoms with Gasteiger partial charge in [-0.1, -0.05) is 18.2 Å². The van der Waals surface area contributed by atoms with E-state index in [2.05, 4.69) is 4.98 Å². The van der Waals surface area contributed by atoms with Crippen LogP contribution in [0.15, 0.2) is 42.9 Å². The van der Waals surface area contributed by atoms with Gasteiger partial charge in [0.15, 0.2) is 0 Å². The number of imidazole rings is 1. The van der Waals surface area contributed by atoms with Gasteiger partial charge in [-0.25, -0.2) is 4.98 Å². The second-order valence-electron chi connectivity index (χ2n) is 6.91. The van der Waals surface area contributed by atoms with E-state index >= 15 is 0 Å². The van der Waals surface area contributed by atoms with Gasteiger partial charge >= 0.3 is 0 Å². The number of fused-ring (bicyclic) bond motifs is 1. The molecule has 2 saturated heterocycles. The molecule has 2 aliphatic heterocycles. The Morgan fingerprint density at radius 1 is 1.23 bits per heavy atom. The van der Waals surface area contributed by atoms with E-state index in [1.54, 1.807) is 22.0 Å². The molecule has 7 nitrogen and oxygen atoms in total. The number of aryl methyl sites for hydroxylation is 1. The van der Waals surface area contributed by atoms with Crippen molar-refractivity contribution in [2.24, 2.45) is 13.0 Å². The smallest absolute Gasteiger partial charge is 0.274 e. The van der Waals surface area contributed by atoms with Crippen LogP contribution < -0.4 is 4.90 Å². The van der Waals surface area contributed by atoms with Crippen molar-refractivity contribution in [2.45, 2.75) is 12.5 Å². The fourth-order valence-corrected chi connectivity index (χ4v) is 3.73. The normalized spacial score (nSPS) is 23.5. The third kappa shape index (κ3) is 3.22. The third-order valence-corrected chi connectivity index (χ3v) is 5.08. The maximum Gasteiger partial charge on any atom is 0.274 e. The second kappa shape index (κ2) is 6.92. The molecule has 136 valence electrons. The summed E-state index contributed by atoms with van der Waals surface area (Å²) >= 11 is 0. The van der Waals surface area contributed by atoms with Crippen LogP contribution in [0.1, 0.15) is 16.9 Å². The first kappa shape index (κ1) is 16.8. The predicted octanol–water partition coefficient (Wildman–Crippen LogP) is 1.31. The van der Waals surface area contributed by atoms with Crippen LogP contribution >= 0.6 is 0 Å². The van der Waals surface area contributed by atoms with Crippen molar-refractivity contribution in [1.29, 1.82) is 0 Å². The summed E-state index contributed by atoms with van der Waals surface area (Å²) < 4.78 is 7.63. The highest BCUT2D eigenvalue weighted by Gasteiger charge is 2.38. The van der Waals surface area contributed by atoms with Crippen LogP contribution in [0.4, 0.5) is 5.69 Å². The fraction of sp³-hybridized carbons (Fsp3) is 0.421. The zero-order valence-electron chi connectivity index (χ0n) is 14.7. The molecular formula is C19H22N4O3. The minimum Gasteiger partial charge on any atom is -0.368 e. The largest absolute Gasteiger partial charge is 0.368 e. The number of aromatic nitrogens is 2. The van der Waals surface area contributed by atoms with Crippen molar-refractivity contribution in [3.8, 4) is 0 Å². The molecule has 2 aliphatic rings. The summed E-state index contributed by atoms with van der Waals surface area (Å²) in [6, 6.07) is 9.63. The van der Waals surface area contributed by atoms with Gasteiger partial charge in [-0.15, -0.1) is 0 Å². The Balaban J connectivity index is 1.52. The number of benzene rings is 1. The van der Waals surface area contributed by atoms with Crippen molar-refractivity contribution in [1.82, 2.24) is 14.5 Å². The first-order valence-electron chi connectivity index (χ1n) is 8.86. The fourth-order valence-electron chi connectivity index (χ4n) is 3.73. The second-order valence-corrected chi connectivity index (χ2v) is 6.91. The molecule has 0 radical (unpaired) electrons. The van der Waals surface area contributed by atoms with Crippen LogP contribution in [0.5, 0.6) is 0 Å². The van der Waals surface area contributed by atoms with Gasteiger partial charge in [0.1, 0.15) is 12.3 Å². The number of ether oxygens (including phenoxy) is 1. The highest BCUT2D eigenvalue weighted by Crippen LogP contribution is 2.27. The van der Waals surface area contributed by atoms with E-state index in [4.69, 9.17) is 4.74 Å². The molecule has 1 aromatic carbocycles. The van der Waals surface area contributed by atoms with Gasteiger partial charge < -0.3 is 19.1 Å². The molecule has 4 rings (SSSR count). The molecule has 2 aromatic rings. The SMILES string of the molecule is Cn1cnc(C(=O)N2CC[C@@H]3OCC(=O)N(c4ccccc4)C[C@H]3C2)c1. The summed E-state index contributed by atoms with van der Waals surface area (Å²) in [7, 11) is 1.85. The number of hydrogen-bond donors (Lipinski definition) is 0. The summed E-state index contributed by atoms with van der Waals surface area (Å²) in [6.07, 6.45) is 4.10. The van der Waals surface area contributed by atoms with Gasteiger partial charge in [-0.3, -0.25) is 9.59 Å². The Morgan fingerprint density at radius 2 is 2.04 bits per heavy atom. The highest BCUT2D eigenvalue weighted by molar-refractivity contribution is 5.94. The van der Waals surface area contributed by atoms with E-state index in [1.165, 1.54) is 0 Å². The molecule has 0 saturated carbocycles. The monoisotopic (exact) mass is 354 g/mol. The molecular weight excluding hydrogens is 332 g/mol. The molecule has 3 heterocycles. The zero-order valence-corrected chi connectivity index (χ0v) is 14.7. The Morgan fingerprint density at radius 3 is 2.77 bits per heavy atom. The minimum absolute atomic E-state index is 0.000412. The van der Waals surface area contributed by atoms with E-state index in [0.29, 0.717) is 25.3 Å². The quantitative estimate of drug-likeness (QED) is 0.816. The lowest BCUT2D eigenvalue weighted by Gasteiger charge is -2.37. The Labute approximate surface area is 152 Å². The molecule has 1 aromatic heterocycles. The van der Waals surface area contributed by atoms with Gasteiger partial charge in [0.05, 0.1) is 12.4 Å². The molecule has 2 atom stereocenters. The Hall–Kier alpha value is -2.67. The van der Waals surface area contributed by atoms with Crippen molar-refractivity contribution in [2.75, 3.05) is 31.1 Å². The molecule has 26 heavy (non-hydrogen) atoms. The Bertz CT molecular complexity index is 804. The van der Waals surface area contributed by atoms with Crippen LogP contribution in [-0.4, -0.2) is 58.6 Å².